The van der Waals surface area contributed by atoms with Crippen LogP contribution in [0.15, 0.2) is 12.7 Å². The van der Waals surface area contributed by atoms with E-state index in [2.05, 4.69) is 29.9 Å². The fraction of sp³-hybridized carbons (Fsp3) is 0.875. The molecule has 0 bridgehead atoms. The molecule has 1 unspecified atom stereocenters. The highest BCUT2D eigenvalue weighted by Gasteiger charge is 2.45. The summed E-state index contributed by atoms with van der Waals surface area (Å²) in [6, 6.07) is 0.679. The van der Waals surface area contributed by atoms with E-state index >= 15 is 0 Å². The number of rotatable bonds is 7. The molecule has 0 spiro atoms. The van der Waals surface area contributed by atoms with E-state index in [0.29, 0.717) is 11.6 Å². The third kappa shape index (κ3) is 2.80. The minimum atomic E-state index is 0.479. The van der Waals surface area contributed by atoms with Gasteiger partial charge in [0, 0.05) is 11.6 Å². The fourth-order valence-corrected chi connectivity index (χ4v) is 4.18. The molecule has 0 aromatic rings. The molecule has 1 heterocycles. The maximum Gasteiger partial charge on any atom is 0.0362 e. The van der Waals surface area contributed by atoms with Crippen molar-refractivity contribution < 1.29 is 0 Å². The van der Waals surface area contributed by atoms with Gasteiger partial charge in [-0.25, -0.2) is 0 Å². The Morgan fingerprint density at radius 2 is 1.89 bits per heavy atom. The molecule has 0 amide bonds. The van der Waals surface area contributed by atoms with Gasteiger partial charge in [0.2, 0.25) is 0 Å². The smallest absolute Gasteiger partial charge is 0.0362 e. The Labute approximate surface area is 113 Å². The van der Waals surface area contributed by atoms with Gasteiger partial charge in [0.25, 0.3) is 0 Å². The van der Waals surface area contributed by atoms with Crippen LogP contribution in [0, 0.1) is 0 Å². The summed E-state index contributed by atoms with van der Waals surface area (Å²) in [5, 5.41) is 3.64. The van der Waals surface area contributed by atoms with Crippen molar-refractivity contribution in [2.24, 2.45) is 0 Å². The third-order valence-corrected chi connectivity index (χ3v) is 5.10. The molecule has 1 atom stereocenters. The lowest BCUT2D eigenvalue weighted by atomic mass is 9.83. The van der Waals surface area contributed by atoms with Gasteiger partial charge in [0.1, 0.15) is 0 Å². The number of likely N-dealkylation sites (N-methyl/N-ethyl adjacent to an activating group) is 1. The Bertz CT molecular complexity index is 250. The van der Waals surface area contributed by atoms with Crippen LogP contribution >= 0.6 is 0 Å². The van der Waals surface area contributed by atoms with Crippen LogP contribution in [0.4, 0.5) is 0 Å². The average molecular weight is 250 g/mol. The predicted molar refractivity (Wildman–Crippen MR) is 78.9 cm³/mol. The van der Waals surface area contributed by atoms with Crippen LogP contribution in [-0.2, 0) is 0 Å². The first-order valence-electron chi connectivity index (χ1n) is 7.87. The standard InChI is InChI=1S/C16H30N2/c1-3-4-5-10-15(17-2)16(11-6-7-12-16)18-13-8-9-14-18/h3,15,17H,1,4-14H2,2H3. The molecule has 0 aromatic carbocycles. The SMILES string of the molecule is C=CCCCC(NC)C1(N2CCCC2)CCCC1. The topological polar surface area (TPSA) is 15.3 Å². The second-order valence-corrected chi connectivity index (χ2v) is 6.07. The Hall–Kier alpha value is -0.340. The minimum Gasteiger partial charge on any atom is -0.315 e. The first-order chi connectivity index (χ1) is 8.83. The van der Waals surface area contributed by atoms with Crippen LogP contribution in [0.3, 0.4) is 0 Å². The monoisotopic (exact) mass is 250 g/mol. The van der Waals surface area contributed by atoms with Gasteiger partial charge in [-0.1, -0.05) is 18.9 Å². The molecule has 1 aliphatic carbocycles. The van der Waals surface area contributed by atoms with Crippen molar-refractivity contribution in [2.45, 2.75) is 69.4 Å². The minimum absolute atomic E-state index is 0.479. The summed E-state index contributed by atoms with van der Waals surface area (Å²) < 4.78 is 0. The van der Waals surface area contributed by atoms with E-state index in [1.54, 1.807) is 0 Å². The highest BCUT2D eigenvalue weighted by molar-refractivity contribution is 5.04. The van der Waals surface area contributed by atoms with Gasteiger partial charge in [-0.3, -0.25) is 4.90 Å². The molecule has 2 aliphatic rings. The van der Waals surface area contributed by atoms with Gasteiger partial charge >= 0.3 is 0 Å². The van der Waals surface area contributed by atoms with Crippen molar-refractivity contribution in [1.82, 2.24) is 10.2 Å². The van der Waals surface area contributed by atoms with Crippen LogP contribution in [0.5, 0.6) is 0 Å². The van der Waals surface area contributed by atoms with E-state index in [1.807, 2.05) is 0 Å². The largest absolute Gasteiger partial charge is 0.315 e. The summed E-state index contributed by atoms with van der Waals surface area (Å²) >= 11 is 0. The van der Waals surface area contributed by atoms with Crippen molar-refractivity contribution in [3.8, 4) is 0 Å². The molecule has 104 valence electrons. The lowest BCUT2D eigenvalue weighted by molar-refractivity contribution is 0.0754. The predicted octanol–water partition coefficient (Wildman–Crippen LogP) is 3.34. The highest BCUT2D eigenvalue weighted by Crippen LogP contribution is 2.41. The number of nitrogens with zero attached hydrogens (tertiary/aromatic N) is 1. The van der Waals surface area contributed by atoms with Crippen LogP contribution in [0.2, 0.25) is 0 Å². The molecule has 0 aromatic heterocycles. The molecule has 2 fully saturated rings. The zero-order valence-electron chi connectivity index (χ0n) is 12.1. The van der Waals surface area contributed by atoms with Crippen LogP contribution in [-0.4, -0.2) is 36.6 Å². The molecule has 2 nitrogen and oxygen atoms in total. The molecular formula is C16H30N2. The Morgan fingerprint density at radius 3 is 2.44 bits per heavy atom. The van der Waals surface area contributed by atoms with Gasteiger partial charge in [0.15, 0.2) is 0 Å². The summed E-state index contributed by atoms with van der Waals surface area (Å²) in [6.07, 6.45) is 14.3. The third-order valence-electron chi connectivity index (χ3n) is 5.10. The normalized spacial score (nSPS) is 25.4. The quantitative estimate of drug-likeness (QED) is 0.551. The van der Waals surface area contributed by atoms with E-state index in [1.165, 1.54) is 64.5 Å². The van der Waals surface area contributed by atoms with Crippen LogP contribution in [0.25, 0.3) is 0 Å². The molecule has 1 saturated carbocycles. The van der Waals surface area contributed by atoms with Crippen molar-refractivity contribution in [3.63, 3.8) is 0 Å². The van der Waals surface area contributed by atoms with Crippen LogP contribution < -0.4 is 5.32 Å². The number of hydrogen-bond acceptors (Lipinski definition) is 2. The Morgan fingerprint density at radius 1 is 1.22 bits per heavy atom. The summed E-state index contributed by atoms with van der Waals surface area (Å²) in [4.78, 5) is 2.81. The van der Waals surface area contributed by atoms with Crippen LogP contribution in [0.1, 0.15) is 57.8 Å². The van der Waals surface area contributed by atoms with Gasteiger partial charge in [-0.15, -0.1) is 6.58 Å². The number of likely N-dealkylation sites (tertiary alicyclic amines) is 1. The molecule has 0 radical (unpaired) electrons. The lowest BCUT2D eigenvalue weighted by Gasteiger charge is -2.45. The number of allylic oxidation sites excluding steroid dienone is 1. The van der Waals surface area contributed by atoms with Gasteiger partial charge in [-0.2, -0.15) is 0 Å². The second kappa shape index (κ2) is 6.72. The first-order valence-corrected chi connectivity index (χ1v) is 7.87. The molecule has 1 N–H and O–H groups in total. The first kappa shape index (κ1) is 14.1. The summed E-state index contributed by atoms with van der Waals surface area (Å²) in [6.45, 7) is 6.51. The lowest BCUT2D eigenvalue weighted by Crippen LogP contribution is -2.58. The summed E-state index contributed by atoms with van der Waals surface area (Å²) in [5.41, 5.74) is 0.479. The fourth-order valence-electron chi connectivity index (χ4n) is 4.18. The highest BCUT2D eigenvalue weighted by atomic mass is 15.2. The Kier molecular flexibility index (Phi) is 5.25. The van der Waals surface area contributed by atoms with Crippen molar-refractivity contribution in [3.05, 3.63) is 12.7 Å². The maximum absolute atomic E-state index is 3.84. The van der Waals surface area contributed by atoms with E-state index in [-0.39, 0.29) is 0 Å². The van der Waals surface area contributed by atoms with Gasteiger partial charge in [-0.05, 0) is 65.1 Å². The van der Waals surface area contributed by atoms with Crippen molar-refractivity contribution >= 4 is 0 Å². The summed E-state index contributed by atoms with van der Waals surface area (Å²) in [5.74, 6) is 0. The zero-order chi connectivity index (χ0) is 12.8. The molecule has 2 rings (SSSR count). The van der Waals surface area contributed by atoms with Crippen molar-refractivity contribution in [1.29, 1.82) is 0 Å². The second-order valence-electron chi connectivity index (χ2n) is 6.07. The number of unbranched alkanes of at least 4 members (excludes halogenated alkanes) is 1. The molecular weight excluding hydrogens is 220 g/mol. The number of nitrogens with one attached hydrogen (secondary N) is 1. The van der Waals surface area contributed by atoms with E-state index in [4.69, 9.17) is 0 Å². The van der Waals surface area contributed by atoms with Gasteiger partial charge < -0.3 is 5.32 Å². The number of hydrogen-bond donors (Lipinski definition) is 1. The van der Waals surface area contributed by atoms with E-state index in [0.717, 1.165) is 6.42 Å². The zero-order valence-corrected chi connectivity index (χ0v) is 12.1. The van der Waals surface area contributed by atoms with Gasteiger partial charge in [0.05, 0.1) is 0 Å². The van der Waals surface area contributed by atoms with E-state index < -0.39 is 0 Å². The van der Waals surface area contributed by atoms with Crippen molar-refractivity contribution in [2.75, 3.05) is 20.1 Å². The molecule has 1 aliphatic heterocycles. The average Bonchev–Trinajstić information content (AvgIpc) is 3.05. The van der Waals surface area contributed by atoms with E-state index in [9.17, 15) is 0 Å². The maximum atomic E-state index is 3.84. The summed E-state index contributed by atoms with van der Waals surface area (Å²) in [7, 11) is 2.16. The molecule has 1 saturated heterocycles. The molecule has 2 heteroatoms. The molecule has 18 heavy (non-hydrogen) atoms. The Balaban J connectivity index is 2.03.